The highest BCUT2D eigenvalue weighted by atomic mass is 32.2. The summed E-state index contributed by atoms with van der Waals surface area (Å²) in [6, 6.07) is 13.9. The molecule has 2 aliphatic heterocycles. The maximum absolute atomic E-state index is 13.5. The highest BCUT2D eigenvalue weighted by Crippen LogP contribution is 2.52. The highest BCUT2D eigenvalue weighted by Gasteiger charge is 2.46. The lowest BCUT2D eigenvalue weighted by Crippen LogP contribution is -2.37. The summed E-state index contributed by atoms with van der Waals surface area (Å²) in [5.41, 5.74) is 7.57. The molecule has 0 radical (unpaired) electrons. The Morgan fingerprint density at radius 1 is 1.17 bits per heavy atom. The van der Waals surface area contributed by atoms with Crippen LogP contribution in [0.3, 0.4) is 0 Å². The molecule has 0 amide bonds. The quantitative estimate of drug-likeness (QED) is 0.804. The van der Waals surface area contributed by atoms with Crippen LogP contribution in [-0.2, 0) is 14.8 Å². The average molecular weight is 425 g/mol. The second kappa shape index (κ2) is 7.00. The van der Waals surface area contributed by atoms with Gasteiger partial charge in [-0.2, -0.15) is 5.26 Å². The second-order valence-electron chi connectivity index (χ2n) is 6.72. The Kier molecular flexibility index (Phi) is 4.59. The molecular weight excluding hydrogens is 406 g/mol. The Hall–Kier alpha value is -3.64. The van der Waals surface area contributed by atoms with E-state index in [-0.39, 0.29) is 22.1 Å². The van der Waals surface area contributed by atoms with Gasteiger partial charge in [0.2, 0.25) is 5.88 Å². The molecule has 8 nitrogen and oxygen atoms in total. The van der Waals surface area contributed by atoms with Crippen LogP contribution < -0.4 is 19.5 Å². The molecule has 0 saturated heterocycles. The van der Waals surface area contributed by atoms with E-state index in [1.54, 1.807) is 42.5 Å². The molecule has 2 heterocycles. The van der Waals surface area contributed by atoms with Gasteiger partial charge >= 0.3 is 0 Å². The average Bonchev–Trinajstić information content (AvgIpc) is 2.76. The SMILES string of the molecule is COc1ccc([C@H]2C(C#N)=C(N)OC3=C2S(=O)(=O)N(C)c2ccccc23)c(OC)c1. The van der Waals surface area contributed by atoms with Gasteiger partial charge in [0.15, 0.2) is 5.76 Å². The van der Waals surface area contributed by atoms with Crippen molar-refractivity contribution in [3.8, 4) is 17.6 Å². The minimum atomic E-state index is -4.02. The number of para-hydroxylation sites is 1. The molecule has 0 saturated carbocycles. The van der Waals surface area contributed by atoms with Crippen LogP contribution in [0.1, 0.15) is 17.0 Å². The molecule has 30 heavy (non-hydrogen) atoms. The lowest BCUT2D eigenvalue weighted by atomic mass is 9.87. The van der Waals surface area contributed by atoms with E-state index in [0.29, 0.717) is 28.3 Å². The van der Waals surface area contributed by atoms with Crippen LogP contribution in [-0.4, -0.2) is 29.7 Å². The number of benzene rings is 2. The van der Waals surface area contributed by atoms with Crippen LogP contribution >= 0.6 is 0 Å². The number of sulfonamides is 1. The molecule has 0 unspecified atom stereocenters. The number of allylic oxidation sites excluding steroid dienone is 2. The van der Waals surface area contributed by atoms with E-state index >= 15 is 0 Å². The van der Waals surface area contributed by atoms with Gasteiger partial charge < -0.3 is 19.9 Å². The zero-order valence-electron chi connectivity index (χ0n) is 16.5. The predicted octanol–water partition coefficient (Wildman–Crippen LogP) is 2.66. The molecule has 1 atom stereocenters. The van der Waals surface area contributed by atoms with E-state index in [0.717, 1.165) is 0 Å². The lowest BCUT2D eigenvalue weighted by Gasteiger charge is -2.36. The summed E-state index contributed by atoms with van der Waals surface area (Å²) in [5.74, 6) is -0.135. The molecule has 154 valence electrons. The van der Waals surface area contributed by atoms with Crippen LogP contribution in [0.5, 0.6) is 11.5 Å². The molecule has 2 N–H and O–H groups in total. The van der Waals surface area contributed by atoms with Gasteiger partial charge in [0.1, 0.15) is 28.0 Å². The first-order valence-corrected chi connectivity index (χ1v) is 10.4. The smallest absolute Gasteiger partial charge is 0.264 e. The molecule has 2 aliphatic rings. The zero-order valence-corrected chi connectivity index (χ0v) is 17.4. The van der Waals surface area contributed by atoms with Crippen molar-refractivity contribution in [2.24, 2.45) is 5.73 Å². The summed E-state index contributed by atoms with van der Waals surface area (Å²) in [4.78, 5) is -0.0575. The van der Waals surface area contributed by atoms with Crippen LogP contribution in [0.4, 0.5) is 5.69 Å². The van der Waals surface area contributed by atoms with Gasteiger partial charge in [-0.25, -0.2) is 8.42 Å². The summed E-state index contributed by atoms with van der Waals surface area (Å²) < 4.78 is 44.7. The first-order chi connectivity index (χ1) is 14.3. The molecule has 9 heteroatoms. The highest BCUT2D eigenvalue weighted by molar-refractivity contribution is 7.96. The molecule has 0 bridgehead atoms. The largest absolute Gasteiger partial charge is 0.497 e. The fraction of sp³-hybridized carbons (Fsp3) is 0.190. The third-order valence-electron chi connectivity index (χ3n) is 5.25. The summed E-state index contributed by atoms with van der Waals surface area (Å²) in [5, 5.41) is 9.81. The minimum absolute atomic E-state index is 0.00595. The van der Waals surface area contributed by atoms with E-state index in [1.165, 1.54) is 25.6 Å². The molecule has 0 aromatic heterocycles. The number of methoxy groups -OCH3 is 2. The Balaban J connectivity index is 2.08. The van der Waals surface area contributed by atoms with E-state index in [1.807, 2.05) is 6.07 Å². The molecule has 0 aliphatic carbocycles. The molecule has 2 aromatic rings. The summed E-state index contributed by atoms with van der Waals surface area (Å²) in [6.45, 7) is 0. The molecule has 0 spiro atoms. The summed E-state index contributed by atoms with van der Waals surface area (Å²) in [6.07, 6.45) is 0. The number of hydrogen-bond donors (Lipinski definition) is 1. The maximum Gasteiger partial charge on any atom is 0.264 e. The van der Waals surface area contributed by atoms with Crippen LogP contribution in [0.2, 0.25) is 0 Å². The Labute approximate surface area is 174 Å². The first kappa shape index (κ1) is 19.7. The number of rotatable bonds is 3. The number of nitriles is 1. The number of nitrogens with two attached hydrogens (primary N) is 1. The van der Waals surface area contributed by atoms with Crippen molar-refractivity contribution in [2.75, 3.05) is 25.6 Å². The minimum Gasteiger partial charge on any atom is -0.497 e. The van der Waals surface area contributed by atoms with Gasteiger partial charge in [-0.15, -0.1) is 0 Å². The first-order valence-electron chi connectivity index (χ1n) is 8.97. The topological polar surface area (TPSA) is 115 Å². The van der Waals surface area contributed by atoms with Crippen LogP contribution in [0.15, 0.2) is 58.8 Å². The molecular formula is C21H19N3O5S. The fourth-order valence-electron chi connectivity index (χ4n) is 3.76. The van der Waals surface area contributed by atoms with Crippen molar-refractivity contribution >= 4 is 21.5 Å². The number of nitrogens with zero attached hydrogens (tertiary/aromatic N) is 2. The number of hydrogen-bond acceptors (Lipinski definition) is 7. The van der Waals surface area contributed by atoms with E-state index in [4.69, 9.17) is 19.9 Å². The Bertz CT molecular complexity index is 1260. The van der Waals surface area contributed by atoms with Crippen LogP contribution in [0, 0.1) is 11.3 Å². The number of fused-ring (bicyclic) bond motifs is 2. The zero-order chi connectivity index (χ0) is 21.6. The van der Waals surface area contributed by atoms with Gasteiger partial charge in [-0.05, 0) is 18.2 Å². The summed E-state index contributed by atoms with van der Waals surface area (Å²) >= 11 is 0. The normalized spacial score (nSPS) is 19.4. The van der Waals surface area contributed by atoms with E-state index in [9.17, 15) is 13.7 Å². The van der Waals surface area contributed by atoms with Crippen molar-refractivity contribution in [1.29, 1.82) is 5.26 Å². The lowest BCUT2D eigenvalue weighted by molar-refractivity contribution is 0.355. The molecule has 4 rings (SSSR count). The number of ether oxygens (including phenoxy) is 3. The van der Waals surface area contributed by atoms with Crippen molar-refractivity contribution in [3.05, 3.63) is 70.0 Å². The van der Waals surface area contributed by atoms with Crippen molar-refractivity contribution in [2.45, 2.75) is 5.92 Å². The standard InChI is InChI=1S/C21H19N3O5S/c1-24-16-7-5-4-6-13(16)19-20(30(24,25)26)18(15(11-22)21(23)29-19)14-9-8-12(27-2)10-17(14)28-3/h4-10,18H,23H2,1-3H3/t18-/m0/s1. The van der Waals surface area contributed by atoms with Crippen LogP contribution in [0.25, 0.3) is 5.76 Å². The van der Waals surface area contributed by atoms with E-state index in [2.05, 4.69) is 0 Å². The van der Waals surface area contributed by atoms with Crippen molar-refractivity contribution in [3.63, 3.8) is 0 Å². The van der Waals surface area contributed by atoms with E-state index < -0.39 is 15.9 Å². The predicted molar refractivity (Wildman–Crippen MR) is 111 cm³/mol. The molecule has 2 aromatic carbocycles. The summed E-state index contributed by atoms with van der Waals surface area (Å²) in [7, 11) is 0.421. The van der Waals surface area contributed by atoms with Gasteiger partial charge in [0.25, 0.3) is 10.0 Å². The third-order valence-corrected chi connectivity index (χ3v) is 7.15. The second-order valence-corrected chi connectivity index (χ2v) is 8.65. The maximum atomic E-state index is 13.5. The van der Waals surface area contributed by atoms with Gasteiger partial charge in [0, 0.05) is 24.2 Å². The fourth-order valence-corrected chi connectivity index (χ4v) is 5.41. The van der Waals surface area contributed by atoms with Gasteiger partial charge in [-0.3, -0.25) is 4.31 Å². The van der Waals surface area contributed by atoms with Gasteiger partial charge in [0.05, 0.1) is 25.8 Å². The van der Waals surface area contributed by atoms with Crippen molar-refractivity contribution in [1.82, 2.24) is 0 Å². The Morgan fingerprint density at radius 2 is 1.90 bits per heavy atom. The third kappa shape index (κ3) is 2.69. The Morgan fingerprint density at radius 3 is 2.57 bits per heavy atom. The number of anilines is 1. The monoisotopic (exact) mass is 425 g/mol. The molecule has 0 fully saturated rings. The van der Waals surface area contributed by atoms with Gasteiger partial charge in [-0.1, -0.05) is 18.2 Å². The van der Waals surface area contributed by atoms with Crippen molar-refractivity contribution < 1.29 is 22.6 Å².